The minimum absolute atomic E-state index is 0. The fraction of sp³-hybridized carbons (Fsp3) is 0.500. The summed E-state index contributed by atoms with van der Waals surface area (Å²) in [5.74, 6) is 4.41. The quantitative estimate of drug-likeness (QED) is 0.515. The molecule has 0 unspecified atom stereocenters. The monoisotopic (exact) mass is 293 g/mol. The van der Waals surface area contributed by atoms with Crippen LogP contribution in [0.25, 0.3) is 0 Å². The fourth-order valence-electron chi connectivity index (χ4n) is 1.66. The van der Waals surface area contributed by atoms with E-state index in [4.69, 9.17) is 0 Å². The molecule has 5 nitrogen and oxygen atoms in total. The predicted octanol–water partition coefficient (Wildman–Crippen LogP) is -3.13. The van der Waals surface area contributed by atoms with Gasteiger partial charge in [-0.2, -0.15) is 5.43 Å². The second-order valence-electron chi connectivity index (χ2n) is 3.46. The van der Waals surface area contributed by atoms with Gasteiger partial charge in [0, 0.05) is 12.4 Å². The Hall–Kier alpha value is -0.270. The van der Waals surface area contributed by atoms with Crippen LogP contribution in [0.2, 0.25) is 0 Å². The van der Waals surface area contributed by atoms with Gasteiger partial charge in [0.1, 0.15) is 5.82 Å². The van der Waals surface area contributed by atoms with Gasteiger partial charge in [-0.1, -0.05) is 0 Å². The Bertz CT molecular complexity index is 313. The number of rotatable bonds is 3. The fourth-order valence-corrected chi connectivity index (χ4v) is 1.87. The van der Waals surface area contributed by atoms with E-state index in [1.165, 1.54) is 6.42 Å². The molecule has 1 saturated carbocycles. The Balaban J connectivity index is 0.00000112. The molecule has 0 radical (unpaired) electrons. The van der Waals surface area contributed by atoms with Crippen molar-refractivity contribution < 1.29 is 18.2 Å². The minimum atomic E-state index is -0.109. The second-order valence-corrected chi connectivity index (χ2v) is 4.38. The molecule has 1 aliphatic carbocycles. The molecule has 1 aromatic rings. The van der Waals surface area contributed by atoms with E-state index in [-0.39, 0.29) is 17.9 Å². The molecule has 0 spiro atoms. The maximum Gasteiger partial charge on any atom is 0.149 e. The summed E-state index contributed by atoms with van der Waals surface area (Å²) in [7, 11) is 0. The second kappa shape index (κ2) is 5.18. The Morgan fingerprint density at radius 3 is 2.33 bits per heavy atom. The molecule has 2 rings (SSSR count). The van der Waals surface area contributed by atoms with Gasteiger partial charge in [-0.3, -0.25) is 5.84 Å². The van der Waals surface area contributed by atoms with Crippen molar-refractivity contribution in [3.05, 3.63) is 22.7 Å². The summed E-state index contributed by atoms with van der Waals surface area (Å²) in [5, 5.41) is 0. The molecule has 0 aromatic carbocycles. The van der Waals surface area contributed by atoms with Crippen molar-refractivity contribution >= 4 is 15.9 Å². The van der Waals surface area contributed by atoms with Gasteiger partial charge in [-0.15, -0.1) is 5.53 Å². The summed E-state index contributed by atoms with van der Waals surface area (Å²) in [5.41, 5.74) is 5.75. The number of hydrazine groups is 1. The van der Waals surface area contributed by atoms with Crippen LogP contribution in [0, 0.1) is 0 Å². The molecule has 0 bridgehead atoms. The molecule has 1 aromatic heterocycles. The van der Waals surface area contributed by atoms with Crippen LogP contribution in [0.4, 0.5) is 0 Å². The molecule has 0 amide bonds. The summed E-state index contributed by atoms with van der Waals surface area (Å²) in [6.45, 7) is 0. The summed E-state index contributed by atoms with van der Waals surface area (Å²) >= 11 is 3.32. The lowest BCUT2D eigenvalue weighted by Gasteiger charge is -2.39. The van der Waals surface area contributed by atoms with Crippen molar-refractivity contribution in [1.29, 1.82) is 0 Å². The van der Waals surface area contributed by atoms with Crippen molar-refractivity contribution in [2.75, 3.05) is 0 Å². The zero-order valence-corrected chi connectivity index (χ0v) is 10.5. The summed E-state index contributed by atoms with van der Waals surface area (Å²) in [6, 6.07) is 0. The largest absolute Gasteiger partial charge is 1.00 e. The van der Waals surface area contributed by atoms with E-state index in [2.05, 4.69) is 42.7 Å². The third kappa shape index (κ3) is 2.46. The first-order valence-corrected chi connectivity index (χ1v) is 5.33. The first-order valence-electron chi connectivity index (χ1n) is 4.54. The highest BCUT2D eigenvalue weighted by Gasteiger charge is 2.41. The highest BCUT2D eigenvalue weighted by molar-refractivity contribution is 9.10. The first kappa shape index (κ1) is 12.8. The van der Waals surface area contributed by atoms with Crippen LogP contribution in [-0.2, 0) is 5.54 Å². The van der Waals surface area contributed by atoms with E-state index in [1.54, 1.807) is 12.4 Å². The van der Waals surface area contributed by atoms with Crippen LogP contribution in [0.3, 0.4) is 0 Å². The molecule has 5 N–H and O–H groups in total. The third-order valence-electron chi connectivity index (χ3n) is 2.58. The Morgan fingerprint density at radius 2 is 1.93 bits per heavy atom. The standard InChI is InChI=1S/C8H12BrN5.ClH/c9-6-4-11-7(12-5-6)8(13-14-10)2-1-3-8;/h4-5,13-14H,1-3,10H2;1H. The van der Waals surface area contributed by atoms with Crippen LogP contribution in [-0.4, -0.2) is 9.97 Å². The van der Waals surface area contributed by atoms with Gasteiger partial charge in [-0.05, 0) is 35.2 Å². The highest BCUT2D eigenvalue weighted by Crippen LogP contribution is 2.38. The summed E-state index contributed by atoms with van der Waals surface area (Å²) < 4.78 is 0.901. The SMILES string of the molecule is [Cl-].[NH3+]NNC1(c2ncc(Br)cn2)CCC1. The van der Waals surface area contributed by atoms with Gasteiger partial charge in [0.15, 0.2) is 0 Å². The molecular weight excluding hydrogens is 281 g/mol. The molecule has 84 valence electrons. The normalized spacial score (nSPS) is 17.7. The maximum absolute atomic E-state index is 4.30. The molecule has 0 saturated heterocycles. The lowest BCUT2D eigenvalue weighted by Crippen LogP contribution is -3.00. The molecular formula is C8H13BrClN5. The van der Waals surface area contributed by atoms with Gasteiger partial charge in [0.25, 0.3) is 0 Å². The molecule has 1 heterocycles. The summed E-state index contributed by atoms with van der Waals surface area (Å²) in [6.07, 6.45) is 6.85. The number of hydrogen-bond donors (Lipinski definition) is 3. The number of hydrogen-bond acceptors (Lipinski definition) is 4. The van der Waals surface area contributed by atoms with E-state index < -0.39 is 0 Å². The van der Waals surface area contributed by atoms with Gasteiger partial charge >= 0.3 is 0 Å². The van der Waals surface area contributed by atoms with Crippen molar-refractivity contribution in [3.8, 4) is 0 Å². The number of nitrogens with one attached hydrogen (secondary N) is 2. The van der Waals surface area contributed by atoms with Crippen molar-refractivity contribution in [2.45, 2.75) is 24.8 Å². The van der Waals surface area contributed by atoms with E-state index in [1.807, 2.05) is 0 Å². The van der Waals surface area contributed by atoms with Crippen LogP contribution in [0.1, 0.15) is 25.1 Å². The number of halogens is 2. The van der Waals surface area contributed by atoms with Crippen molar-refractivity contribution in [1.82, 2.24) is 20.9 Å². The van der Waals surface area contributed by atoms with Gasteiger partial charge in [-0.25, -0.2) is 9.97 Å². The topological polar surface area (TPSA) is 77.5 Å². The lowest BCUT2D eigenvalue weighted by atomic mass is 9.76. The third-order valence-corrected chi connectivity index (χ3v) is 2.99. The van der Waals surface area contributed by atoms with E-state index in [9.17, 15) is 0 Å². The lowest BCUT2D eigenvalue weighted by molar-refractivity contribution is -0.463. The molecule has 1 aliphatic rings. The van der Waals surface area contributed by atoms with Crippen LogP contribution < -0.4 is 29.2 Å². The van der Waals surface area contributed by atoms with Gasteiger partial charge in [0.05, 0.1) is 10.0 Å². The van der Waals surface area contributed by atoms with Crippen LogP contribution in [0.15, 0.2) is 16.9 Å². The zero-order chi connectivity index (χ0) is 10.0. The molecule has 15 heavy (non-hydrogen) atoms. The zero-order valence-electron chi connectivity index (χ0n) is 8.13. The summed E-state index contributed by atoms with van der Waals surface area (Å²) in [4.78, 5) is 8.61. The average molecular weight is 295 g/mol. The maximum atomic E-state index is 4.30. The Labute approximate surface area is 103 Å². The molecule has 0 atom stereocenters. The van der Waals surface area contributed by atoms with Gasteiger partial charge in [0.2, 0.25) is 0 Å². The first-order chi connectivity index (χ1) is 6.77. The van der Waals surface area contributed by atoms with Gasteiger partial charge < -0.3 is 12.4 Å². The minimum Gasteiger partial charge on any atom is -1.00 e. The highest BCUT2D eigenvalue weighted by atomic mass is 79.9. The van der Waals surface area contributed by atoms with Crippen molar-refractivity contribution in [2.24, 2.45) is 0 Å². The van der Waals surface area contributed by atoms with Crippen molar-refractivity contribution in [3.63, 3.8) is 0 Å². The van der Waals surface area contributed by atoms with E-state index in [0.29, 0.717) is 0 Å². The molecule has 1 fully saturated rings. The molecule has 7 heteroatoms. The number of aromatic nitrogens is 2. The Morgan fingerprint density at radius 1 is 1.33 bits per heavy atom. The van der Waals surface area contributed by atoms with E-state index >= 15 is 0 Å². The van der Waals surface area contributed by atoms with E-state index in [0.717, 1.165) is 23.1 Å². The Kier molecular flexibility index (Phi) is 4.42. The van der Waals surface area contributed by atoms with Crippen LogP contribution >= 0.6 is 15.9 Å². The number of quaternary nitrogens is 1. The smallest absolute Gasteiger partial charge is 0.149 e. The average Bonchev–Trinajstić information content (AvgIpc) is 2.13. The predicted molar refractivity (Wildman–Crippen MR) is 54.4 cm³/mol. The molecule has 0 aliphatic heterocycles. The van der Waals surface area contributed by atoms with Crippen LogP contribution in [0.5, 0.6) is 0 Å². The number of nitrogens with zero attached hydrogens (tertiary/aromatic N) is 2.